The Morgan fingerprint density at radius 2 is 0.973 bits per heavy atom. The van der Waals surface area contributed by atoms with Crippen LogP contribution in [0.4, 0.5) is 45.5 Å². The molecule has 0 atom stereocenters. The molecular formula is C35H31ClN12O20S7. The van der Waals surface area contributed by atoms with Crippen molar-refractivity contribution in [1.82, 2.24) is 15.0 Å². The van der Waals surface area contributed by atoms with Crippen LogP contribution in [0.25, 0.3) is 10.8 Å². The van der Waals surface area contributed by atoms with Gasteiger partial charge in [-0.05, 0) is 89.8 Å². The maximum absolute atomic E-state index is 12.9. The first-order valence-electron chi connectivity index (χ1n) is 19.4. The number of anilines is 1. The van der Waals surface area contributed by atoms with Crippen LogP contribution in [-0.2, 0) is 70.3 Å². The Kier molecular flexibility index (Phi) is 16.1. The number of halogens is 1. The van der Waals surface area contributed by atoms with E-state index in [1.807, 2.05) is 0 Å². The quantitative estimate of drug-likeness (QED) is 0.0332. The highest BCUT2D eigenvalue weighted by molar-refractivity contribution is 7.93. The number of benzene rings is 5. The Morgan fingerprint density at radius 1 is 0.533 bits per heavy atom. The van der Waals surface area contributed by atoms with Crippen molar-refractivity contribution in [3.63, 3.8) is 0 Å². The maximum atomic E-state index is 12.9. The van der Waals surface area contributed by atoms with Gasteiger partial charge >= 0.3 is 0 Å². The Hall–Kier alpha value is -6.89. The zero-order valence-corrected chi connectivity index (χ0v) is 43.0. The van der Waals surface area contributed by atoms with E-state index in [9.17, 15) is 77.7 Å². The average molecular weight is 1200 g/mol. The maximum Gasteiger partial charge on any atom is 0.296 e. The van der Waals surface area contributed by atoms with E-state index >= 15 is 0 Å². The number of hydrogen-bond donors (Lipinski definition) is 10. The smallest absolute Gasteiger partial charge is 0.296 e. The summed E-state index contributed by atoms with van der Waals surface area (Å²) >= 11 is 5.93. The van der Waals surface area contributed by atoms with Crippen molar-refractivity contribution < 1.29 is 86.8 Å². The van der Waals surface area contributed by atoms with Gasteiger partial charge in [-0.3, -0.25) is 33.2 Å². The zero-order valence-electron chi connectivity index (χ0n) is 36.5. The largest absolute Gasteiger partial charge is 0.505 e. The van der Waals surface area contributed by atoms with Crippen LogP contribution in [0.15, 0.2) is 133 Å². The number of sulfone groups is 2. The van der Waals surface area contributed by atoms with Gasteiger partial charge in [-0.25, -0.2) is 21.8 Å². The molecule has 0 bridgehead atoms. The highest BCUT2D eigenvalue weighted by atomic mass is 35.5. The number of nitrogen functional groups attached to an aromatic ring is 1. The summed E-state index contributed by atoms with van der Waals surface area (Å²) in [7, 11) is -34.3. The number of nitrogens with two attached hydrogens (primary N) is 1. The molecule has 0 radical (unpaired) electrons. The van der Waals surface area contributed by atoms with Crippen LogP contribution in [0.2, 0.25) is 5.28 Å². The topological polar surface area (TPSA) is 541 Å². The van der Waals surface area contributed by atoms with E-state index in [-0.39, 0.29) is 11.4 Å². The molecule has 40 heteroatoms. The van der Waals surface area contributed by atoms with Crippen molar-refractivity contribution in [3.05, 3.63) is 89.3 Å². The fraction of sp³-hybridized carbons (Fsp3) is 0.114. The third-order valence-corrected chi connectivity index (χ3v) is 17.7. The molecule has 0 unspecified atom stereocenters. The predicted molar refractivity (Wildman–Crippen MR) is 257 cm³/mol. The SMILES string of the molecule is N=c1nc(Cl)[nH]c(=Nc2cc(N=Nc3c(S(=O)(=O)O)cc4cc(S(=O)(=O)O)c(N=Nc5ccc(S(=O)(=O)CCS(=O)(=O)O)cc5)c(N)c4c3O)c(S(=O)(=O)O)cc2N=Nc2ccc(S(=O)(=O)CCS(=O)(=O)O)cc2)[nH]1. The monoisotopic (exact) mass is 1200 g/mol. The highest BCUT2D eigenvalue weighted by Gasteiger charge is 2.29. The van der Waals surface area contributed by atoms with Crippen molar-refractivity contribution in [3.8, 4) is 5.75 Å². The molecule has 0 amide bonds. The molecule has 6 rings (SSSR count). The molecule has 1 aromatic heterocycles. The summed E-state index contributed by atoms with van der Waals surface area (Å²) in [6.45, 7) is 0. The number of phenolic OH excluding ortho intramolecular Hbond substituents is 1. The lowest BCUT2D eigenvalue weighted by atomic mass is 10.1. The van der Waals surface area contributed by atoms with Gasteiger partial charge in [-0.2, -0.15) is 57.3 Å². The van der Waals surface area contributed by atoms with Crippen LogP contribution in [0.3, 0.4) is 0 Å². The van der Waals surface area contributed by atoms with Gasteiger partial charge in [0.25, 0.3) is 50.6 Å². The molecular weight excluding hydrogens is 1170 g/mol. The summed E-state index contributed by atoms with van der Waals surface area (Å²) in [5.74, 6) is -5.60. The first kappa shape index (κ1) is 57.4. The van der Waals surface area contributed by atoms with Crippen LogP contribution < -0.4 is 17.0 Å². The number of hydrogen-bond acceptors (Lipinski definition) is 25. The molecule has 0 aliphatic carbocycles. The molecule has 0 fully saturated rings. The van der Waals surface area contributed by atoms with Gasteiger partial charge in [0.15, 0.2) is 25.4 Å². The average Bonchev–Trinajstić information content (AvgIpc) is 3.27. The molecule has 6 aromatic rings. The number of fused-ring (bicyclic) bond motifs is 1. The fourth-order valence-corrected chi connectivity index (χ4v) is 13.2. The second-order valence-corrected chi connectivity index (χ2v) is 26.7. The molecule has 400 valence electrons. The van der Waals surface area contributed by atoms with Crippen LogP contribution >= 0.6 is 11.6 Å². The van der Waals surface area contributed by atoms with Gasteiger partial charge in [-0.15, -0.1) is 20.5 Å². The number of phenols is 1. The number of H-pyrrole nitrogens is 2. The number of azo groups is 3. The number of nitrogens with zero attached hydrogens (tertiary/aromatic N) is 8. The fourth-order valence-electron chi connectivity index (χ4n) is 6.11. The second kappa shape index (κ2) is 21.0. The van der Waals surface area contributed by atoms with E-state index < -0.39 is 185 Å². The number of rotatable bonds is 18. The van der Waals surface area contributed by atoms with E-state index in [0.717, 1.165) is 48.5 Å². The van der Waals surface area contributed by atoms with Crippen molar-refractivity contribution in [2.45, 2.75) is 24.5 Å². The van der Waals surface area contributed by atoms with Gasteiger partial charge < -0.3 is 15.8 Å². The summed E-state index contributed by atoms with van der Waals surface area (Å²) in [5, 5.41) is 40.3. The molecule has 11 N–H and O–H groups in total. The second-order valence-electron chi connectivity index (χ2n) is 14.8. The Labute approximate surface area is 426 Å². The molecule has 0 saturated carbocycles. The molecule has 0 aliphatic heterocycles. The lowest BCUT2D eigenvalue weighted by molar-refractivity contribution is 0.472. The number of aromatic amines is 2. The van der Waals surface area contributed by atoms with E-state index in [2.05, 4.69) is 50.6 Å². The van der Waals surface area contributed by atoms with Crippen LogP contribution in [0, 0.1) is 5.41 Å². The highest BCUT2D eigenvalue weighted by Crippen LogP contribution is 2.49. The van der Waals surface area contributed by atoms with E-state index in [1.54, 1.807) is 0 Å². The minimum absolute atomic E-state index is 0.136. The Morgan fingerprint density at radius 3 is 1.43 bits per heavy atom. The molecule has 0 saturated heterocycles. The Bertz CT molecular complexity index is 4400. The van der Waals surface area contributed by atoms with E-state index in [1.165, 1.54) is 0 Å². The Balaban J connectivity index is 1.51. The number of aromatic nitrogens is 3. The first-order chi connectivity index (χ1) is 34.4. The van der Waals surface area contributed by atoms with Crippen LogP contribution in [0.5, 0.6) is 5.75 Å². The minimum atomic E-state index is -5.57. The van der Waals surface area contributed by atoms with Gasteiger partial charge in [0, 0.05) is 0 Å². The normalized spacial score (nSPS) is 13.7. The third kappa shape index (κ3) is 14.5. The summed E-state index contributed by atoms with van der Waals surface area (Å²) in [6.07, 6.45) is 0. The van der Waals surface area contributed by atoms with Crippen molar-refractivity contribution in [1.29, 1.82) is 5.41 Å². The summed E-state index contributed by atoms with van der Waals surface area (Å²) < 4.78 is 220. The molecule has 0 aliphatic rings. The summed E-state index contributed by atoms with van der Waals surface area (Å²) in [6, 6.07) is 10.3. The molecule has 1 heterocycles. The third-order valence-electron chi connectivity index (χ3n) is 9.51. The van der Waals surface area contributed by atoms with Crippen molar-refractivity contribution in [2.24, 2.45) is 35.7 Å². The van der Waals surface area contributed by atoms with Crippen molar-refractivity contribution in [2.75, 3.05) is 28.7 Å². The number of aromatic hydroxyl groups is 1. The lowest BCUT2D eigenvalue weighted by Gasteiger charge is -2.14. The number of nitrogens with one attached hydrogen (secondary N) is 3. The zero-order chi connectivity index (χ0) is 55.9. The first-order valence-corrected chi connectivity index (χ1v) is 30.6. The van der Waals surface area contributed by atoms with E-state index in [0.29, 0.717) is 24.3 Å². The minimum Gasteiger partial charge on any atom is -0.505 e. The molecule has 0 spiro atoms. The van der Waals surface area contributed by atoms with Gasteiger partial charge in [0.2, 0.25) is 16.5 Å². The van der Waals surface area contributed by atoms with Gasteiger partial charge in [-0.1, -0.05) is 0 Å². The van der Waals surface area contributed by atoms with E-state index in [4.69, 9.17) is 31.8 Å². The standard InChI is InChI=1S/C35H31ClN12O20S7/c36-33-40-34(38)42-35(41-33)39-22-15-24(25(73(60,61)62)16-23(22)45-43-18-1-5-20(6-2-18)69(50,51)9-11-71(54,55)56)46-48-31-27(75(66,67)68)14-17-13-26(74(63,64)65)30(29(37)28(17)32(31)49)47-44-19-3-7-21(8-4-19)70(52,53)10-12-72(57,58)59/h1-8,13-16,49H,9-12,37H2,(H,54,55,56)(H,57,58,59)(H,60,61,62)(H,63,64,65)(H,66,67,68)(H3,38,39,40,41,42). The van der Waals surface area contributed by atoms with Crippen LogP contribution in [0.1, 0.15) is 0 Å². The van der Waals surface area contributed by atoms with Crippen LogP contribution in [-0.4, -0.2) is 125 Å². The van der Waals surface area contributed by atoms with Gasteiger partial charge in [0.05, 0.1) is 60.9 Å². The molecule has 75 heavy (non-hydrogen) atoms. The molecule has 5 aromatic carbocycles. The lowest BCUT2D eigenvalue weighted by Crippen LogP contribution is -2.25. The van der Waals surface area contributed by atoms with Gasteiger partial charge in [0.1, 0.15) is 37.4 Å². The van der Waals surface area contributed by atoms with Crippen molar-refractivity contribution >= 4 is 138 Å². The summed E-state index contributed by atoms with van der Waals surface area (Å²) in [5.41, 5.74) is -0.228. The molecule has 32 nitrogen and oxygen atoms in total. The predicted octanol–water partition coefficient (Wildman–Crippen LogP) is 3.85. The summed E-state index contributed by atoms with van der Waals surface area (Å²) in [4.78, 5) is 7.92.